The molecular weight excluding hydrogens is 606 g/mol. The Balaban J connectivity index is 0.000000687. The third kappa shape index (κ3) is 7.81. The molecule has 0 unspecified atom stereocenters. The summed E-state index contributed by atoms with van der Waals surface area (Å²) in [5.74, 6) is 1.93. The quantitative estimate of drug-likeness (QED) is 0.153. The van der Waals surface area contributed by atoms with Gasteiger partial charge < -0.3 is 14.9 Å². The fourth-order valence-electron chi connectivity index (χ4n) is 5.99. The van der Waals surface area contributed by atoms with Crippen molar-refractivity contribution in [3.8, 4) is 0 Å². The minimum absolute atomic E-state index is 0. The molecule has 0 spiro atoms. The molecule has 1 radical (unpaired) electrons. The summed E-state index contributed by atoms with van der Waals surface area (Å²) in [7, 11) is 0. The van der Waals surface area contributed by atoms with Crippen LogP contribution >= 0.6 is 24.0 Å². The zero-order valence-electron chi connectivity index (χ0n) is 22.1. The van der Waals surface area contributed by atoms with Gasteiger partial charge in [-0.25, -0.2) is 0 Å². The molecule has 197 valence electrons. The summed E-state index contributed by atoms with van der Waals surface area (Å²) < 4.78 is 0. The van der Waals surface area contributed by atoms with Crippen LogP contribution in [0.25, 0.3) is 0 Å². The van der Waals surface area contributed by atoms with Crippen LogP contribution in [0.5, 0.6) is 0 Å². The van der Waals surface area contributed by atoms with Crippen molar-refractivity contribution in [1.82, 2.24) is 0 Å². The second-order valence-corrected chi connectivity index (χ2v) is 9.51. The van der Waals surface area contributed by atoms with Crippen molar-refractivity contribution in [2.24, 2.45) is 0 Å². The molecule has 37 heavy (non-hydrogen) atoms. The van der Waals surface area contributed by atoms with Gasteiger partial charge in [-0.05, 0) is 45.9 Å². The molecule has 0 aromatic heterocycles. The van der Waals surface area contributed by atoms with Crippen molar-refractivity contribution in [2.75, 3.05) is 0 Å². The minimum Gasteiger partial charge on any atom is -0.358 e. The largest absolute Gasteiger partial charge is 2.00 e. The molecule has 0 heterocycles. The molecule has 4 aromatic carbocycles. The normalized spacial score (nSPS) is 21.2. The maximum Gasteiger partial charge on any atom is 2.00 e. The standard InChI is InChI=1S/C28H24.C5H10.2CH3.Co.HI/c1-5-13-21(14-6-1)25-26(22-15-7-2-8-16-22)28(24-19-11-4-12-20-24)27(25)23-17-9-3-10-18-23;1-2-4-5-3-1;;;;/h1-20,25-28H;1-5H2;2*1H3;;1H/q;;2*-1;+2;. The second-order valence-electron chi connectivity index (χ2n) is 9.51. The molecule has 2 saturated carbocycles. The zero-order valence-corrected chi connectivity index (χ0v) is 25.5. The van der Waals surface area contributed by atoms with Crippen molar-refractivity contribution in [2.45, 2.75) is 55.8 Å². The first-order chi connectivity index (χ1) is 16.4. The Hall–Kier alpha value is -1.88. The van der Waals surface area contributed by atoms with E-state index >= 15 is 0 Å². The molecule has 0 nitrogen and oxygen atoms in total. The number of halogens is 1. The van der Waals surface area contributed by atoms with E-state index in [9.17, 15) is 0 Å². The molecule has 0 saturated heterocycles. The van der Waals surface area contributed by atoms with Crippen molar-refractivity contribution < 1.29 is 16.8 Å². The van der Waals surface area contributed by atoms with Gasteiger partial charge in [0.1, 0.15) is 0 Å². The summed E-state index contributed by atoms with van der Waals surface area (Å²) in [6.07, 6.45) is 7.50. The van der Waals surface area contributed by atoms with Crippen molar-refractivity contribution >= 4 is 24.0 Å². The molecular formula is C35H41CoI. The van der Waals surface area contributed by atoms with Crippen LogP contribution in [-0.4, -0.2) is 0 Å². The van der Waals surface area contributed by atoms with E-state index in [1.54, 1.807) is 0 Å². The molecule has 0 bridgehead atoms. The van der Waals surface area contributed by atoms with E-state index in [0.29, 0.717) is 23.7 Å². The van der Waals surface area contributed by atoms with Crippen molar-refractivity contribution in [3.05, 3.63) is 158 Å². The van der Waals surface area contributed by atoms with Gasteiger partial charge in [0.2, 0.25) is 0 Å². The molecule has 6 rings (SSSR count). The summed E-state index contributed by atoms with van der Waals surface area (Å²) in [4.78, 5) is 0. The van der Waals surface area contributed by atoms with Gasteiger partial charge in [0, 0.05) is 0 Å². The van der Waals surface area contributed by atoms with Crippen LogP contribution in [0, 0.1) is 14.9 Å². The number of rotatable bonds is 4. The maximum absolute atomic E-state index is 2.30. The molecule has 0 aliphatic heterocycles. The van der Waals surface area contributed by atoms with Gasteiger partial charge in [-0.1, -0.05) is 153 Å². The molecule has 2 aliphatic rings. The van der Waals surface area contributed by atoms with Crippen LogP contribution in [0.15, 0.2) is 121 Å². The average Bonchev–Trinajstić information content (AvgIpc) is 3.47. The van der Waals surface area contributed by atoms with Gasteiger partial charge in [-0.3, -0.25) is 0 Å². The molecule has 4 aromatic rings. The predicted molar refractivity (Wildman–Crippen MR) is 168 cm³/mol. The topological polar surface area (TPSA) is 0 Å². The molecule has 2 fully saturated rings. The van der Waals surface area contributed by atoms with Gasteiger partial charge >= 0.3 is 16.8 Å². The molecule has 0 N–H and O–H groups in total. The third-order valence-electron chi connectivity index (χ3n) is 7.54. The molecule has 2 aliphatic carbocycles. The third-order valence-corrected chi connectivity index (χ3v) is 7.54. The molecule has 0 amide bonds. The summed E-state index contributed by atoms with van der Waals surface area (Å²) in [5.41, 5.74) is 5.77. The number of benzene rings is 4. The van der Waals surface area contributed by atoms with E-state index in [1.165, 1.54) is 54.4 Å². The second kappa shape index (κ2) is 16.9. The fourth-order valence-corrected chi connectivity index (χ4v) is 5.99. The summed E-state index contributed by atoms with van der Waals surface area (Å²) in [6, 6.07) is 44.3. The number of hydrogen-bond acceptors (Lipinski definition) is 0. The predicted octanol–water partition coefficient (Wildman–Crippen LogP) is 10.6. The zero-order chi connectivity index (χ0) is 22.3. The first-order valence-corrected chi connectivity index (χ1v) is 12.6. The van der Waals surface area contributed by atoms with E-state index in [4.69, 9.17) is 0 Å². The van der Waals surface area contributed by atoms with Gasteiger partial charge in [0.15, 0.2) is 0 Å². The van der Waals surface area contributed by atoms with E-state index in [2.05, 4.69) is 121 Å². The Morgan fingerprint density at radius 3 is 0.649 bits per heavy atom. The fraction of sp³-hybridized carbons (Fsp3) is 0.257. The van der Waals surface area contributed by atoms with Gasteiger partial charge in [-0.15, -0.1) is 24.0 Å². The van der Waals surface area contributed by atoms with Crippen LogP contribution in [0.3, 0.4) is 0 Å². The van der Waals surface area contributed by atoms with E-state index < -0.39 is 0 Å². The Kier molecular flexibility index (Phi) is 15.1. The maximum atomic E-state index is 2.30. The van der Waals surface area contributed by atoms with E-state index in [-0.39, 0.29) is 55.6 Å². The minimum atomic E-state index is 0. The van der Waals surface area contributed by atoms with E-state index in [0.717, 1.165) is 0 Å². The summed E-state index contributed by atoms with van der Waals surface area (Å²) in [5, 5.41) is 0. The average molecular weight is 648 g/mol. The number of hydrogen-bond donors (Lipinski definition) is 0. The summed E-state index contributed by atoms with van der Waals surface area (Å²) >= 11 is 0. The van der Waals surface area contributed by atoms with Crippen LogP contribution in [-0.2, 0) is 16.8 Å². The van der Waals surface area contributed by atoms with Crippen LogP contribution in [0.2, 0.25) is 0 Å². The van der Waals surface area contributed by atoms with Crippen LogP contribution in [0.1, 0.15) is 78.0 Å². The Bertz CT molecular complexity index is 905. The van der Waals surface area contributed by atoms with Gasteiger partial charge in [0.05, 0.1) is 0 Å². The first kappa shape index (κ1) is 33.1. The molecule has 0 atom stereocenters. The summed E-state index contributed by atoms with van der Waals surface area (Å²) in [6.45, 7) is 0. The van der Waals surface area contributed by atoms with Crippen molar-refractivity contribution in [1.29, 1.82) is 0 Å². The van der Waals surface area contributed by atoms with Crippen LogP contribution in [0.4, 0.5) is 0 Å². The van der Waals surface area contributed by atoms with Gasteiger partial charge in [-0.2, -0.15) is 0 Å². The molecule has 2 heteroatoms. The van der Waals surface area contributed by atoms with E-state index in [1.807, 2.05) is 0 Å². The van der Waals surface area contributed by atoms with Crippen LogP contribution < -0.4 is 0 Å². The smallest absolute Gasteiger partial charge is 0.358 e. The Morgan fingerprint density at radius 2 is 0.486 bits per heavy atom. The SMILES string of the molecule is C1CCCC1.I.[CH3-].[CH3-].[Co+2].c1ccc(C2C(c3ccccc3)C(c3ccccc3)C2c2ccccc2)cc1. The Labute approximate surface area is 253 Å². The van der Waals surface area contributed by atoms with Crippen molar-refractivity contribution in [3.63, 3.8) is 0 Å². The Morgan fingerprint density at radius 1 is 0.324 bits per heavy atom. The first-order valence-electron chi connectivity index (χ1n) is 12.6. The van der Waals surface area contributed by atoms with Gasteiger partial charge in [0.25, 0.3) is 0 Å². The monoisotopic (exact) mass is 647 g/mol.